The SMILES string of the molecule is CCCCOc1ccc(C(=O)[C@H](CC[C@@H](CNC(C)(C)C)C(=O)c2ccc(OCCCC)cc2)CNC(C)(C)C)cc1. The highest BCUT2D eigenvalue weighted by atomic mass is 16.5. The first-order valence-corrected chi connectivity index (χ1v) is 15.9. The first-order valence-electron chi connectivity index (χ1n) is 15.9. The molecule has 0 aliphatic rings. The summed E-state index contributed by atoms with van der Waals surface area (Å²) in [7, 11) is 0. The summed E-state index contributed by atoms with van der Waals surface area (Å²) in [6.45, 7) is 19.3. The van der Waals surface area contributed by atoms with Gasteiger partial charge in [-0.05, 0) is 116 Å². The molecule has 234 valence electrons. The summed E-state index contributed by atoms with van der Waals surface area (Å²) in [4.78, 5) is 27.5. The molecule has 0 unspecified atom stereocenters. The largest absolute Gasteiger partial charge is 0.494 e. The monoisotopic (exact) mass is 580 g/mol. The quantitative estimate of drug-likeness (QED) is 0.130. The van der Waals surface area contributed by atoms with Crippen LogP contribution in [0.2, 0.25) is 0 Å². The molecule has 0 aromatic heterocycles. The molecule has 0 bridgehead atoms. The van der Waals surface area contributed by atoms with Gasteiger partial charge in [-0.25, -0.2) is 0 Å². The normalized spacial score (nSPS) is 13.4. The highest BCUT2D eigenvalue weighted by Gasteiger charge is 2.27. The van der Waals surface area contributed by atoms with Crippen molar-refractivity contribution in [3.63, 3.8) is 0 Å². The van der Waals surface area contributed by atoms with Crippen molar-refractivity contribution in [3.05, 3.63) is 59.7 Å². The van der Waals surface area contributed by atoms with Crippen LogP contribution in [0.4, 0.5) is 0 Å². The number of carbonyl (C=O) groups excluding carboxylic acids is 2. The first-order chi connectivity index (χ1) is 19.8. The first kappa shape index (κ1) is 35.5. The Hall–Kier alpha value is -2.70. The van der Waals surface area contributed by atoms with Gasteiger partial charge in [0, 0.05) is 47.1 Å². The smallest absolute Gasteiger partial charge is 0.167 e. The van der Waals surface area contributed by atoms with E-state index in [4.69, 9.17) is 9.47 Å². The highest BCUT2D eigenvalue weighted by molar-refractivity contribution is 5.99. The summed E-state index contributed by atoms with van der Waals surface area (Å²) in [5.41, 5.74) is 1.10. The molecule has 2 atom stereocenters. The molecule has 0 saturated carbocycles. The van der Waals surface area contributed by atoms with Crippen LogP contribution in [0.15, 0.2) is 48.5 Å². The number of ketones is 2. The summed E-state index contributed by atoms with van der Waals surface area (Å²) in [5, 5.41) is 7.05. The molecule has 6 heteroatoms. The minimum absolute atomic E-state index is 0.0930. The predicted molar refractivity (Wildman–Crippen MR) is 174 cm³/mol. The molecule has 2 N–H and O–H groups in total. The maximum Gasteiger partial charge on any atom is 0.167 e. The number of benzene rings is 2. The van der Waals surface area contributed by atoms with Crippen molar-refractivity contribution in [2.75, 3.05) is 26.3 Å². The van der Waals surface area contributed by atoms with Crippen LogP contribution in [0.3, 0.4) is 0 Å². The second-order valence-corrected chi connectivity index (χ2v) is 13.4. The zero-order valence-corrected chi connectivity index (χ0v) is 27.5. The van der Waals surface area contributed by atoms with Gasteiger partial charge in [0.2, 0.25) is 0 Å². The summed E-state index contributed by atoms with van der Waals surface area (Å²) in [6.07, 6.45) is 5.37. The van der Waals surface area contributed by atoms with E-state index in [0.29, 0.717) is 50.3 Å². The molecular formula is C36H56N2O4. The summed E-state index contributed by atoms with van der Waals surface area (Å²) in [6, 6.07) is 15.0. The Morgan fingerprint density at radius 2 is 0.952 bits per heavy atom. The molecule has 0 heterocycles. The Labute approximate surface area is 255 Å². The Balaban J connectivity index is 2.20. The van der Waals surface area contributed by atoms with E-state index < -0.39 is 0 Å². The third kappa shape index (κ3) is 13.5. The van der Waals surface area contributed by atoms with Crippen LogP contribution in [-0.2, 0) is 0 Å². The minimum atomic E-state index is -0.254. The molecule has 0 fully saturated rings. The fraction of sp³-hybridized carbons (Fsp3) is 0.611. The Kier molecular flexibility index (Phi) is 14.7. The Morgan fingerprint density at radius 3 is 1.24 bits per heavy atom. The van der Waals surface area contributed by atoms with E-state index >= 15 is 0 Å². The van der Waals surface area contributed by atoms with Gasteiger partial charge in [-0.1, -0.05) is 26.7 Å². The maximum atomic E-state index is 13.8. The van der Waals surface area contributed by atoms with E-state index in [2.05, 4.69) is 66.0 Å². The number of unbranched alkanes of at least 4 members (excludes halogenated alkanes) is 2. The van der Waals surface area contributed by atoms with Crippen LogP contribution in [-0.4, -0.2) is 48.9 Å². The molecule has 0 aliphatic carbocycles. The number of hydrogen-bond acceptors (Lipinski definition) is 6. The van der Waals surface area contributed by atoms with Gasteiger partial charge < -0.3 is 20.1 Å². The van der Waals surface area contributed by atoms with Crippen molar-refractivity contribution < 1.29 is 19.1 Å². The highest BCUT2D eigenvalue weighted by Crippen LogP contribution is 2.24. The Morgan fingerprint density at radius 1 is 0.619 bits per heavy atom. The molecule has 0 saturated heterocycles. The van der Waals surface area contributed by atoms with Crippen LogP contribution in [0.5, 0.6) is 11.5 Å². The van der Waals surface area contributed by atoms with Crippen LogP contribution < -0.4 is 20.1 Å². The molecule has 2 aromatic rings. The molecule has 0 aliphatic heterocycles. The van der Waals surface area contributed by atoms with Crippen LogP contribution in [0.25, 0.3) is 0 Å². The minimum Gasteiger partial charge on any atom is -0.494 e. The topological polar surface area (TPSA) is 76.7 Å². The van der Waals surface area contributed by atoms with Gasteiger partial charge in [-0.3, -0.25) is 9.59 Å². The summed E-state index contributed by atoms with van der Waals surface area (Å²) >= 11 is 0. The molecule has 0 amide bonds. The van der Waals surface area contributed by atoms with Gasteiger partial charge in [0.05, 0.1) is 13.2 Å². The van der Waals surface area contributed by atoms with E-state index in [1.165, 1.54) is 0 Å². The lowest BCUT2D eigenvalue weighted by molar-refractivity contribution is 0.0858. The molecule has 0 spiro atoms. The zero-order chi connectivity index (χ0) is 31.2. The predicted octanol–water partition coefficient (Wildman–Crippen LogP) is 7.90. The van der Waals surface area contributed by atoms with E-state index in [9.17, 15) is 9.59 Å². The van der Waals surface area contributed by atoms with E-state index in [1.54, 1.807) is 0 Å². The van der Waals surface area contributed by atoms with Gasteiger partial charge in [-0.15, -0.1) is 0 Å². The van der Waals surface area contributed by atoms with Gasteiger partial charge in [0.25, 0.3) is 0 Å². The molecule has 0 radical (unpaired) electrons. The molecule has 2 aromatic carbocycles. The number of nitrogens with one attached hydrogen (secondary N) is 2. The molecule has 6 nitrogen and oxygen atoms in total. The summed E-state index contributed by atoms with van der Waals surface area (Å²) in [5.74, 6) is 1.24. The van der Waals surface area contributed by atoms with Crippen molar-refractivity contribution in [1.82, 2.24) is 10.6 Å². The maximum absolute atomic E-state index is 13.8. The van der Waals surface area contributed by atoms with Crippen molar-refractivity contribution >= 4 is 11.6 Å². The fourth-order valence-electron chi connectivity index (χ4n) is 4.48. The van der Waals surface area contributed by atoms with Gasteiger partial charge in [-0.2, -0.15) is 0 Å². The van der Waals surface area contributed by atoms with Gasteiger partial charge >= 0.3 is 0 Å². The molecular weight excluding hydrogens is 524 g/mol. The van der Waals surface area contributed by atoms with Crippen LogP contribution in [0, 0.1) is 11.8 Å². The van der Waals surface area contributed by atoms with Crippen LogP contribution in [0.1, 0.15) is 115 Å². The van der Waals surface area contributed by atoms with Crippen molar-refractivity contribution in [1.29, 1.82) is 0 Å². The van der Waals surface area contributed by atoms with Crippen LogP contribution >= 0.6 is 0 Å². The van der Waals surface area contributed by atoms with E-state index in [1.807, 2.05) is 48.5 Å². The van der Waals surface area contributed by atoms with E-state index in [0.717, 1.165) is 37.2 Å². The number of carbonyl (C=O) groups is 2. The zero-order valence-electron chi connectivity index (χ0n) is 27.5. The van der Waals surface area contributed by atoms with Crippen molar-refractivity contribution in [2.45, 2.75) is 105 Å². The summed E-state index contributed by atoms with van der Waals surface area (Å²) < 4.78 is 11.6. The van der Waals surface area contributed by atoms with E-state index in [-0.39, 0.29) is 34.5 Å². The standard InChI is InChI=1S/C36H56N2O4/c1-9-11-23-41-31-19-15-27(16-20-31)33(39)29(25-37-35(3,4)5)13-14-30(26-38-36(6,7)8)34(40)28-17-21-32(22-18-28)42-24-12-10-2/h15-22,29-30,37-38H,9-14,23-26H2,1-8H3/t29-,30+. The molecule has 42 heavy (non-hydrogen) atoms. The van der Waals surface area contributed by atoms with Crippen molar-refractivity contribution in [3.8, 4) is 11.5 Å². The van der Waals surface area contributed by atoms with Gasteiger partial charge in [0.15, 0.2) is 11.6 Å². The Bertz CT molecular complexity index is 978. The third-order valence-corrected chi connectivity index (χ3v) is 7.17. The second-order valence-electron chi connectivity index (χ2n) is 13.4. The lowest BCUT2D eigenvalue weighted by Crippen LogP contribution is -2.42. The number of hydrogen-bond donors (Lipinski definition) is 2. The second kappa shape index (κ2) is 17.4. The lowest BCUT2D eigenvalue weighted by Gasteiger charge is -2.28. The lowest BCUT2D eigenvalue weighted by atomic mass is 9.85. The third-order valence-electron chi connectivity index (χ3n) is 7.17. The number of ether oxygens (including phenoxy) is 2. The molecule has 2 rings (SSSR count). The number of rotatable bonds is 19. The number of Topliss-reactive ketones (excluding diaryl/α,β-unsaturated/α-hetero) is 2. The van der Waals surface area contributed by atoms with Crippen molar-refractivity contribution in [2.24, 2.45) is 11.8 Å². The van der Waals surface area contributed by atoms with Gasteiger partial charge in [0.1, 0.15) is 11.5 Å². The average Bonchev–Trinajstić information content (AvgIpc) is 2.94. The average molecular weight is 581 g/mol. The fourth-order valence-corrected chi connectivity index (χ4v) is 4.48.